The summed E-state index contributed by atoms with van der Waals surface area (Å²) < 4.78 is 23.3. The zero-order valence-corrected chi connectivity index (χ0v) is 15.0. The normalized spacial score (nSPS) is 18.0. The fourth-order valence-electron chi connectivity index (χ4n) is 3.52. The number of hydrogen-bond donors (Lipinski definition) is 1. The lowest BCUT2D eigenvalue weighted by Crippen LogP contribution is -2.19. The molecule has 0 saturated heterocycles. The Balaban J connectivity index is 1.94. The Hall–Kier alpha value is -3.16. The van der Waals surface area contributed by atoms with Gasteiger partial charge in [-0.15, -0.1) is 0 Å². The Bertz CT molecular complexity index is 906. The molecule has 1 aromatic carbocycles. The zero-order chi connectivity index (χ0) is 18.4. The van der Waals surface area contributed by atoms with Crippen molar-refractivity contribution >= 4 is 11.7 Å². The molecule has 136 valence electrons. The molecular formula is C18H19N3O5. The molecular weight excluding hydrogens is 338 g/mol. The molecule has 0 radical (unpaired) electrons. The number of aromatic nitrogens is 2. The number of ether oxygens (including phenoxy) is 4. The van der Waals surface area contributed by atoms with Crippen LogP contribution < -0.4 is 19.5 Å². The van der Waals surface area contributed by atoms with E-state index in [4.69, 9.17) is 18.9 Å². The summed E-state index contributed by atoms with van der Waals surface area (Å²) in [6, 6.07) is 3.68. The van der Waals surface area contributed by atoms with Crippen LogP contribution in [0.5, 0.6) is 17.2 Å². The zero-order valence-electron chi connectivity index (χ0n) is 15.0. The maximum atomic E-state index is 12.4. The Morgan fingerprint density at radius 3 is 2.50 bits per heavy atom. The Kier molecular flexibility index (Phi) is 3.75. The van der Waals surface area contributed by atoms with Gasteiger partial charge in [-0.2, -0.15) is 5.10 Å². The van der Waals surface area contributed by atoms with E-state index >= 15 is 0 Å². The fraction of sp³-hybridized carbons (Fsp3) is 0.333. The van der Waals surface area contributed by atoms with E-state index in [2.05, 4.69) is 10.4 Å². The average Bonchev–Trinajstić information content (AvgIpc) is 3.20. The number of cyclic esters (lactones) is 1. The van der Waals surface area contributed by atoms with E-state index in [1.165, 1.54) is 0 Å². The molecule has 2 aliphatic rings. The minimum Gasteiger partial charge on any atom is -0.493 e. The first kappa shape index (κ1) is 16.3. The summed E-state index contributed by atoms with van der Waals surface area (Å²) in [5.41, 5.74) is 3.73. The third-order valence-electron chi connectivity index (χ3n) is 4.62. The maximum Gasteiger partial charge on any atom is 0.337 e. The molecule has 0 saturated carbocycles. The van der Waals surface area contributed by atoms with Crippen molar-refractivity contribution in [3.63, 3.8) is 0 Å². The number of methoxy groups -OCH3 is 3. The molecule has 0 amide bonds. The molecule has 0 fully saturated rings. The number of carbonyl (C=O) groups is 1. The Morgan fingerprint density at radius 2 is 1.88 bits per heavy atom. The highest BCUT2D eigenvalue weighted by atomic mass is 16.5. The molecule has 4 rings (SSSR count). The van der Waals surface area contributed by atoms with E-state index in [0.717, 1.165) is 22.6 Å². The van der Waals surface area contributed by atoms with Crippen LogP contribution in [0.25, 0.3) is 0 Å². The van der Waals surface area contributed by atoms with Crippen molar-refractivity contribution in [2.75, 3.05) is 33.3 Å². The highest BCUT2D eigenvalue weighted by Gasteiger charge is 2.40. The number of hydrogen-bond acceptors (Lipinski definition) is 7. The molecule has 2 aliphatic heterocycles. The number of nitrogens with zero attached hydrogens (tertiary/aromatic N) is 2. The third-order valence-corrected chi connectivity index (χ3v) is 4.62. The molecule has 0 spiro atoms. The van der Waals surface area contributed by atoms with Crippen LogP contribution in [0.3, 0.4) is 0 Å². The molecule has 8 nitrogen and oxygen atoms in total. The summed E-state index contributed by atoms with van der Waals surface area (Å²) in [5, 5.41) is 7.81. The van der Waals surface area contributed by atoms with Crippen LogP contribution in [0.2, 0.25) is 0 Å². The number of rotatable bonds is 4. The molecule has 26 heavy (non-hydrogen) atoms. The van der Waals surface area contributed by atoms with Gasteiger partial charge >= 0.3 is 5.97 Å². The van der Waals surface area contributed by atoms with Gasteiger partial charge < -0.3 is 24.3 Å². The minimum atomic E-state index is -0.383. The number of esters is 1. The van der Waals surface area contributed by atoms with E-state index in [9.17, 15) is 4.79 Å². The van der Waals surface area contributed by atoms with E-state index in [0.29, 0.717) is 22.8 Å². The highest BCUT2D eigenvalue weighted by Crippen LogP contribution is 2.47. The second-order valence-corrected chi connectivity index (χ2v) is 6.09. The smallest absolute Gasteiger partial charge is 0.337 e. The number of anilines is 1. The SMILES string of the molecule is COc1cc(C2C3=C(COC3=O)Nc3cn(C)nc32)cc(OC)c1OC. The van der Waals surface area contributed by atoms with Gasteiger partial charge in [0, 0.05) is 13.2 Å². The van der Waals surface area contributed by atoms with Crippen molar-refractivity contribution in [1.29, 1.82) is 0 Å². The molecule has 1 aromatic heterocycles. The van der Waals surface area contributed by atoms with E-state index in [-0.39, 0.29) is 18.5 Å². The number of nitrogens with one attached hydrogen (secondary N) is 1. The lowest BCUT2D eigenvalue weighted by atomic mass is 9.84. The van der Waals surface area contributed by atoms with Gasteiger partial charge in [0.25, 0.3) is 0 Å². The van der Waals surface area contributed by atoms with Gasteiger partial charge in [0.2, 0.25) is 5.75 Å². The number of benzene rings is 1. The Labute approximate surface area is 150 Å². The first-order valence-electron chi connectivity index (χ1n) is 8.08. The summed E-state index contributed by atoms with van der Waals surface area (Å²) in [6.45, 7) is 0.226. The largest absolute Gasteiger partial charge is 0.493 e. The van der Waals surface area contributed by atoms with Crippen molar-refractivity contribution in [1.82, 2.24) is 9.78 Å². The lowest BCUT2D eigenvalue weighted by molar-refractivity contribution is -0.136. The van der Waals surface area contributed by atoms with E-state index in [1.807, 2.05) is 25.4 Å². The molecule has 2 aromatic rings. The van der Waals surface area contributed by atoms with Crippen LogP contribution in [0.1, 0.15) is 17.2 Å². The van der Waals surface area contributed by atoms with Gasteiger partial charge in [0.05, 0.1) is 49.9 Å². The molecule has 3 heterocycles. The second-order valence-electron chi connectivity index (χ2n) is 6.09. The first-order chi connectivity index (χ1) is 12.6. The minimum absolute atomic E-state index is 0.226. The number of fused-ring (bicyclic) bond motifs is 1. The van der Waals surface area contributed by atoms with Gasteiger partial charge in [-0.1, -0.05) is 0 Å². The number of carbonyl (C=O) groups excluding carboxylic acids is 1. The predicted molar refractivity (Wildman–Crippen MR) is 92.8 cm³/mol. The van der Waals surface area contributed by atoms with Crippen LogP contribution in [-0.4, -0.2) is 43.7 Å². The first-order valence-corrected chi connectivity index (χ1v) is 8.08. The van der Waals surface area contributed by atoms with Crippen molar-refractivity contribution in [3.8, 4) is 17.2 Å². The molecule has 1 atom stereocenters. The van der Waals surface area contributed by atoms with Crippen molar-refractivity contribution in [2.24, 2.45) is 7.05 Å². The van der Waals surface area contributed by atoms with Gasteiger partial charge in [-0.25, -0.2) is 4.79 Å². The van der Waals surface area contributed by atoms with Crippen LogP contribution >= 0.6 is 0 Å². The summed E-state index contributed by atoms with van der Waals surface area (Å²) in [6.07, 6.45) is 1.88. The molecule has 1 N–H and O–H groups in total. The summed E-state index contributed by atoms with van der Waals surface area (Å²) in [5.74, 6) is 0.809. The predicted octanol–water partition coefficient (Wildman–Crippen LogP) is 1.81. The van der Waals surface area contributed by atoms with E-state index in [1.54, 1.807) is 26.0 Å². The van der Waals surface area contributed by atoms with Crippen molar-refractivity contribution in [3.05, 3.63) is 40.9 Å². The van der Waals surface area contributed by atoms with Gasteiger partial charge in [-0.3, -0.25) is 4.68 Å². The highest BCUT2D eigenvalue weighted by molar-refractivity contribution is 5.97. The molecule has 8 heteroatoms. The monoisotopic (exact) mass is 357 g/mol. The van der Waals surface area contributed by atoms with Crippen LogP contribution in [0.15, 0.2) is 29.6 Å². The van der Waals surface area contributed by atoms with Crippen LogP contribution in [0, 0.1) is 0 Å². The molecule has 0 bridgehead atoms. The number of aryl methyl sites for hydroxylation is 1. The summed E-state index contributed by atoms with van der Waals surface area (Å²) >= 11 is 0. The van der Waals surface area contributed by atoms with Gasteiger partial charge in [0.15, 0.2) is 11.5 Å². The van der Waals surface area contributed by atoms with Crippen molar-refractivity contribution in [2.45, 2.75) is 5.92 Å². The van der Waals surface area contributed by atoms with Gasteiger partial charge in [-0.05, 0) is 17.7 Å². The van der Waals surface area contributed by atoms with Crippen LogP contribution in [-0.2, 0) is 16.6 Å². The lowest BCUT2D eigenvalue weighted by Gasteiger charge is -2.24. The second kappa shape index (κ2) is 5.98. The summed E-state index contributed by atoms with van der Waals surface area (Å²) in [4.78, 5) is 12.4. The van der Waals surface area contributed by atoms with E-state index < -0.39 is 0 Å². The van der Waals surface area contributed by atoms with Gasteiger partial charge in [0.1, 0.15) is 6.61 Å². The third kappa shape index (κ3) is 2.29. The molecule has 1 unspecified atom stereocenters. The quantitative estimate of drug-likeness (QED) is 0.836. The standard InChI is InChI=1S/C18H19N3O5/c1-21-7-10-16(20-21)14(15-11(19-10)8-26-18(15)22)9-5-12(23-2)17(25-4)13(6-9)24-3/h5-7,14,19H,8H2,1-4H3. The molecule has 0 aliphatic carbocycles. The average molecular weight is 357 g/mol. The fourth-order valence-corrected chi connectivity index (χ4v) is 3.52. The maximum absolute atomic E-state index is 12.4. The van der Waals surface area contributed by atoms with Crippen molar-refractivity contribution < 1.29 is 23.7 Å². The topological polar surface area (TPSA) is 83.8 Å². The van der Waals surface area contributed by atoms with Crippen LogP contribution in [0.4, 0.5) is 5.69 Å². The Morgan fingerprint density at radius 1 is 1.19 bits per heavy atom. The summed E-state index contributed by atoms with van der Waals surface area (Å²) in [7, 11) is 6.51.